The van der Waals surface area contributed by atoms with E-state index < -0.39 is 28.5 Å². The highest BCUT2D eigenvalue weighted by atomic mass is 32.2. The number of hydrogen-bond donors (Lipinski definition) is 1. The Hall–Kier alpha value is -3.65. The summed E-state index contributed by atoms with van der Waals surface area (Å²) in [7, 11) is -4.10. The second kappa shape index (κ2) is 14.3. The van der Waals surface area contributed by atoms with Gasteiger partial charge in [0.15, 0.2) is 0 Å². The number of carbonyl (C=O) groups is 2. The van der Waals surface area contributed by atoms with E-state index in [0.717, 1.165) is 40.7 Å². The third-order valence-corrected chi connectivity index (χ3v) is 8.98. The Morgan fingerprint density at radius 2 is 1.41 bits per heavy atom. The van der Waals surface area contributed by atoms with E-state index in [2.05, 4.69) is 5.32 Å². The van der Waals surface area contributed by atoms with Crippen LogP contribution >= 0.6 is 0 Å². The van der Waals surface area contributed by atoms with E-state index in [-0.39, 0.29) is 17.3 Å². The first-order valence-corrected chi connectivity index (χ1v) is 15.7. The summed E-state index contributed by atoms with van der Waals surface area (Å²) in [4.78, 5) is 29.1. The molecule has 0 bridgehead atoms. The van der Waals surface area contributed by atoms with Gasteiger partial charge in [-0.2, -0.15) is 0 Å². The lowest BCUT2D eigenvalue weighted by Crippen LogP contribution is -2.52. The summed E-state index contributed by atoms with van der Waals surface area (Å²) in [5, 5.41) is 2.96. The van der Waals surface area contributed by atoms with Gasteiger partial charge >= 0.3 is 0 Å². The largest absolute Gasteiger partial charge is 0.354 e. The predicted octanol–water partition coefficient (Wildman–Crippen LogP) is 5.84. The minimum atomic E-state index is -4.10. The molecule has 220 valence electrons. The second-order valence-electron chi connectivity index (χ2n) is 10.7. The van der Waals surface area contributed by atoms with Crippen molar-refractivity contribution in [1.82, 2.24) is 10.2 Å². The molecular weight excluding hydrogens is 534 g/mol. The molecule has 0 radical (unpaired) electrons. The molecule has 41 heavy (non-hydrogen) atoms. The van der Waals surface area contributed by atoms with E-state index in [1.54, 1.807) is 30.3 Å². The molecule has 1 N–H and O–H groups in total. The van der Waals surface area contributed by atoms with Gasteiger partial charge in [0.05, 0.1) is 10.6 Å². The molecule has 0 heterocycles. The molecule has 0 fully saturated rings. The van der Waals surface area contributed by atoms with Gasteiger partial charge in [-0.25, -0.2) is 8.42 Å². The van der Waals surface area contributed by atoms with Crippen LogP contribution in [0.4, 0.5) is 5.69 Å². The van der Waals surface area contributed by atoms with Crippen molar-refractivity contribution in [2.45, 2.75) is 78.3 Å². The lowest BCUT2D eigenvalue weighted by molar-refractivity contribution is -0.140. The van der Waals surface area contributed by atoms with Gasteiger partial charge in [-0.1, -0.05) is 79.9 Å². The van der Waals surface area contributed by atoms with Crippen molar-refractivity contribution in [3.8, 4) is 0 Å². The molecule has 0 aliphatic carbocycles. The number of amides is 2. The van der Waals surface area contributed by atoms with Crippen LogP contribution in [0.5, 0.6) is 0 Å². The zero-order valence-corrected chi connectivity index (χ0v) is 25.9. The van der Waals surface area contributed by atoms with Gasteiger partial charge in [0.1, 0.15) is 12.6 Å². The fourth-order valence-corrected chi connectivity index (χ4v) is 6.13. The third-order valence-electron chi connectivity index (χ3n) is 7.21. The molecule has 0 aliphatic heterocycles. The Bertz CT molecular complexity index is 1430. The van der Waals surface area contributed by atoms with Gasteiger partial charge in [-0.3, -0.25) is 13.9 Å². The number of rotatable bonds is 13. The normalized spacial score (nSPS) is 12.0. The number of carbonyl (C=O) groups excluding carboxylic acids is 2. The van der Waals surface area contributed by atoms with Gasteiger partial charge < -0.3 is 10.2 Å². The minimum absolute atomic E-state index is 0.103. The van der Waals surface area contributed by atoms with Crippen LogP contribution in [0.15, 0.2) is 71.6 Å². The molecule has 0 aliphatic rings. The van der Waals surface area contributed by atoms with Gasteiger partial charge in [0.2, 0.25) is 11.8 Å². The minimum Gasteiger partial charge on any atom is -0.354 e. The molecule has 0 aromatic heterocycles. The number of benzene rings is 3. The van der Waals surface area contributed by atoms with Crippen molar-refractivity contribution < 1.29 is 18.0 Å². The molecule has 8 heteroatoms. The zero-order valence-electron chi connectivity index (χ0n) is 25.1. The summed E-state index contributed by atoms with van der Waals surface area (Å²) in [6.45, 7) is 11.8. The van der Waals surface area contributed by atoms with Crippen LogP contribution in [0.3, 0.4) is 0 Å². The molecule has 0 saturated carbocycles. The van der Waals surface area contributed by atoms with Crippen LogP contribution in [0.1, 0.15) is 60.9 Å². The summed E-state index contributed by atoms with van der Waals surface area (Å²) >= 11 is 0. The Morgan fingerprint density at radius 3 is 2.00 bits per heavy atom. The van der Waals surface area contributed by atoms with E-state index in [1.807, 2.05) is 77.9 Å². The van der Waals surface area contributed by atoms with E-state index in [9.17, 15) is 18.0 Å². The van der Waals surface area contributed by atoms with Crippen LogP contribution in [-0.4, -0.2) is 44.3 Å². The predicted molar refractivity (Wildman–Crippen MR) is 165 cm³/mol. The average Bonchev–Trinajstić information content (AvgIpc) is 2.94. The van der Waals surface area contributed by atoms with Crippen molar-refractivity contribution in [2.24, 2.45) is 0 Å². The fraction of sp³-hybridized carbons (Fsp3) is 0.394. The van der Waals surface area contributed by atoms with Crippen LogP contribution in [0.2, 0.25) is 0 Å². The molecule has 0 spiro atoms. The van der Waals surface area contributed by atoms with Crippen LogP contribution in [-0.2, 0) is 26.2 Å². The molecule has 1 atom stereocenters. The standard InChI is InChI=1S/C33H43N3O4S/c1-7-9-20-34-33(38)30(8-2)35(22-28-16-11-24(3)12-17-28)32(37)23-36(31-21-26(5)10-15-27(31)6)41(39,40)29-18-13-25(4)14-19-29/h10-19,21,30H,7-9,20,22-23H2,1-6H3,(H,34,38). The van der Waals surface area contributed by atoms with Gasteiger partial charge in [-0.15, -0.1) is 0 Å². The summed E-state index contributed by atoms with van der Waals surface area (Å²) in [6, 6.07) is 19.2. The highest BCUT2D eigenvalue weighted by Crippen LogP contribution is 2.29. The van der Waals surface area contributed by atoms with Crippen LogP contribution < -0.4 is 9.62 Å². The molecule has 1 unspecified atom stereocenters. The Labute approximate surface area is 245 Å². The van der Waals surface area contributed by atoms with E-state index >= 15 is 0 Å². The van der Waals surface area contributed by atoms with Gasteiger partial charge in [-0.05, 0) is 75.4 Å². The molecule has 2 amide bonds. The topological polar surface area (TPSA) is 86.8 Å². The average molecular weight is 578 g/mol. The van der Waals surface area contributed by atoms with Crippen LogP contribution in [0, 0.1) is 27.7 Å². The SMILES string of the molecule is CCCCNC(=O)C(CC)N(Cc1ccc(C)cc1)C(=O)CN(c1cc(C)ccc1C)S(=O)(=O)c1ccc(C)cc1. The maximum atomic E-state index is 14.2. The van der Waals surface area contributed by atoms with E-state index in [4.69, 9.17) is 0 Å². The zero-order chi connectivity index (χ0) is 30.2. The molecular formula is C33H43N3O4S. The number of hydrogen-bond acceptors (Lipinski definition) is 4. The second-order valence-corrected chi connectivity index (χ2v) is 12.6. The van der Waals surface area contributed by atoms with Gasteiger partial charge in [0, 0.05) is 13.1 Å². The number of nitrogens with one attached hydrogen (secondary N) is 1. The van der Waals surface area contributed by atoms with E-state index in [1.165, 1.54) is 9.21 Å². The van der Waals surface area contributed by atoms with Crippen molar-refractivity contribution in [1.29, 1.82) is 0 Å². The van der Waals surface area contributed by atoms with Crippen molar-refractivity contribution in [3.05, 3.63) is 94.5 Å². The fourth-order valence-electron chi connectivity index (χ4n) is 4.65. The smallest absolute Gasteiger partial charge is 0.264 e. The van der Waals surface area contributed by atoms with Gasteiger partial charge in [0.25, 0.3) is 10.0 Å². The molecule has 3 aromatic carbocycles. The quantitative estimate of drug-likeness (QED) is 0.259. The number of aryl methyl sites for hydroxylation is 4. The number of sulfonamides is 1. The summed E-state index contributed by atoms with van der Waals surface area (Å²) in [5.74, 6) is -0.680. The van der Waals surface area contributed by atoms with Crippen LogP contribution in [0.25, 0.3) is 0 Å². The first-order valence-electron chi connectivity index (χ1n) is 14.3. The Morgan fingerprint density at radius 1 is 0.829 bits per heavy atom. The summed E-state index contributed by atoms with van der Waals surface area (Å²) < 4.78 is 29.4. The molecule has 0 saturated heterocycles. The molecule has 3 aromatic rings. The van der Waals surface area contributed by atoms with Crippen molar-refractivity contribution in [3.63, 3.8) is 0 Å². The van der Waals surface area contributed by atoms with Crippen molar-refractivity contribution >= 4 is 27.5 Å². The molecule has 7 nitrogen and oxygen atoms in total. The number of nitrogens with zero attached hydrogens (tertiary/aromatic N) is 2. The summed E-state index contributed by atoms with van der Waals surface area (Å²) in [6.07, 6.45) is 2.16. The lowest BCUT2D eigenvalue weighted by Gasteiger charge is -2.33. The number of unbranched alkanes of at least 4 members (excludes halogenated alkanes) is 1. The molecule has 3 rings (SSSR count). The van der Waals surface area contributed by atoms with E-state index in [0.29, 0.717) is 18.7 Å². The first kappa shape index (κ1) is 31.9. The Kier molecular flexibility index (Phi) is 11.1. The first-order chi connectivity index (χ1) is 19.5. The maximum Gasteiger partial charge on any atom is 0.264 e. The summed E-state index contributed by atoms with van der Waals surface area (Å²) in [5.41, 5.74) is 4.93. The maximum absolute atomic E-state index is 14.2. The number of anilines is 1. The Balaban J connectivity index is 2.07. The monoisotopic (exact) mass is 577 g/mol. The highest BCUT2D eigenvalue weighted by Gasteiger charge is 2.34. The lowest BCUT2D eigenvalue weighted by atomic mass is 10.1. The van der Waals surface area contributed by atoms with Crippen molar-refractivity contribution in [2.75, 3.05) is 17.4 Å². The highest BCUT2D eigenvalue weighted by molar-refractivity contribution is 7.92. The third kappa shape index (κ3) is 8.19.